The van der Waals surface area contributed by atoms with Gasteiger partial charge >= 0.3 is 6.03 Å². The maximum absolute atomic E-state index is 13.2. The molecular formula is C22H19ClFN5O. The van der Waals surface area contributed by atoms with E-state index in [-0.39, 0.29) is 12.1 Å². The Labute approximate surface area is 178 Å². The first-order valence-electron chi connectivity index (χ1n) is 9.82. The number of urea groups is 1. The number of benzene rings is 1. The van der Waals surface area contributed by atoms with Crippen LogP contribution in [-0.2, 0) is 0 Å². The largest absolute Gasteiger partial charge is 0.366 e. The summed E-state index contributed by atoms with van der Waals surface area (Å²) in [5.41, 5.74) is 2.56. The lowest BCUT2D eigenvalue weighted by Gasteiger charge is -2.45. The monoisotopic (exact) mass is 423 g/mol. The first-order chi connectivity index (χ1) is 14.6. The summed E-state index contributed by atoms with van der Waals surface area (Å²) in [5.74, 6) is 0.460. The highest BCUT2D eigenvalue weighted by atomic mass is 35.5. The molecule has 1 fully saturated rings. The number of nitrogens with zero attached hydrogens (tertiary/aromatic N) is 4. The molecule has 0 saturated carbocycles. The highest BCUT2D eigenvalue weighted by Gasteiger charge is 2.38. The van der Waals surface area contributed by atoms with E-state index in [9.17, 15) is 9.18 Å². The van der Waals surface area contributed by atoms with Crippen LogP contribution < -0.4 is 15.1 Å². The smallest absolute Gasteiger partial charge is 0.329 e. The number of nitrogens with one attached hydrogen (secondary N) is 1. The second-order valence-corrected chi connectivity index (χ2v) is 7.89. The van der Waals surface area contributed by atoms with Crippen LogP contribution >= 0.6 is 11.6 Å². The van der Waals surface area contributed by atoms with Gasteiger partial charge in [-0.2, -0.15) is 0 Å². The Balaban J connectivity index is 1.54. The van der Waals surface area contributed by atoms with Crippen molar-refractivity contribution >= 4 is 35.0 Å². The second-order valence-electron chi connectivity index (χ2n) is 7.45. The van der Waals surface area contributed by atoms with Gasteiger partial charge in [0.15, 0.2) is 5.82 Å². The van der Waals surface area contributed by atoms with Crippen molar-refractivity contribution in [2.45, 2.75) is 18.9 Å². The van der Waals surface area contributed by atoms with Gasteiger partial charge in [0.05, 0.1) is 23.6 Å². The number of hydrogen-bond donors (Lipinski definition) is 1. The van der Waals surface area contributed by atoms with Crippen molar-refractivity contribution in [2.75, 3.05) is 28.2 Å². The van der Waals surface area contributed by atoms with E-state index in [1.54, 1.807) is 4.90 Å². The summed E-state index contributed by atoms with van der Waals surface area (Å²) in [6.07, 6.45) is 2.97. The van der Waals surface area contributed by atoms with E-state index >= 15 is 0 Å². The predicted octanol–water partition coefficient (Wildman–Crippen LogP) is 4.96. The van der Waals surface area contributed by atoms with Crippen LogP contribution in [-0.4, -0.2) is 35.1 Å². The summed E-state index contributed by atoms with van der Waals surface area (Å²) in [7, 11) is 0. The average Bonchev–Trinajstić information content (AvgIpc) is 2.75. The average molecular weight is 424 g/mol. The zero-order valence-electron chi connectivity index (χ0n) is 16.1. The summed E-state index contributed by atoms with van der Waals surface area (Å²) < 4.78 is 13.2. The fraction of sp³-hybridized carbons (Fsp3) is 0.227. The number of halogens is 2. The highest BCUT2D eigenvalue weighted by molar-refractivity contribution is 6.30. The molecule has 2 aliphatic heterocycles. The van der Waals surface area contributed by atoms with Crippen LogP contribution in [0.1, 0.15) is 12.8 Å². The number of aromatic nitrogens is 2. The molecule has 2 amide bonds. The zero-order valence-corrected chi connectivity index (χ0v) is 16.8. The quantitative estimate of drug-likeness (QED) is 0.633. The molecule has 6 nitrogen and oxygen atoms in total. The van der Waals surface area contributed by atoms with Crippen LogP contribution in [0.15, 0.2) is 54.7 Å². The van der Waals surface area contributed by atoms with Crippen LogP contribution in [0.4, 0.5) is 26.5 Å². The van der Waals surface area contributed by atoms with Crippen molar-refractivity contribution in [3.8, 4) is 11.3 Å². The molecule has 5 rings (SSSR count). The molecular weight excluding hydrogens is 405 g/mol. The van der Waals surface area contributed by atoms with E-state index < -0.39 is 5.82 Å². The standard InChI is InChI=1S/C22H19ClFN5O/c23-15-4-1-3-14(11-15)18-7-8-19-21(26-18)29(17-5-2-10-28(19)13-17)22(30)27-20-9-6-16(24)12-25-20/h1,3-4,6-9,11-12,17H,2,5,10,13H2,(H,25,27,30)/t17-/m0/s1. The molecule has 0 aliphatic carbocycles. The van der Waals surface area contributed by atoms with Gasteiger partial charge in [0.1, 0.15) is 11.6 Å². The Kier molecular flexibility index (Phi) is 4.75. The highest BCUT2D eigenvalue weighted by Crippen LogP contribution is 2.39. The van der Waals surface area contributed by atoms with Gasteiger partial charge in [-0.05, 0) is 49.2 Å². The van der Waals surface area contributed by atoms with E-state index in [0.29, 0.717) is 16.7 Å². The van der Waals surface area contributed by atoms with Crippen molar-refractivity contribution in [1.29, 1.82) is 0 Å². The van der Waals surface area contributed by atoms with Gasteiger partial charge in [0.2, 0.25) is 0 Å². The minimum absolute atomic E-state index is 0.00816. The Morgan fingerprint density at radius 1 is 1.20 bits per heavy atom. The lowest BCUT2D eigenvalue weighted by atomic mass is 9.99. The minimum atomic E-state index is -0.452. The fourth-order valence-corrected chi connectivity index (χ4v) is 4.30. The minimum Gasteiger partial charge on any atom is -0.366 e. The van der Waals surface area contributed by atoms with Crippen molar-refractivity contribution < 1.29 is 9.18 Å². The molecule has 2 bridgehead atoms. The molecule has 1 N–H and O–H groups in total. The van der Waals surface area contributed by atoms with E-state index in [2.05, 4.69) is 15.2 Å². The van der Waals surface area contributed by atoms with Gasteiger partial charge in [-0.15, -0.1) is 0 Å². The third-order valence-corrected chi connectivity index (χ3v) is 5.72. The Hall–Kier alpha value is -3.19. The van der Waals surface area contributed by atoms with Crippen LogP contribution in [0.3, 0.4) is 0 Å². The van der Waals surface area contributed by atoms with Crippen molar-refractivity contribution in [3.05, 3.63) is 65.6 Å². The van der Waals surface area contributed by atoms with Crippen LogP contribution in [0.2, 0.25) is 5.02 Å². The van der Waals surface area contributed by atoms with Gasteiger partial charge in [-0.25, -0.2) is 19.2 Å². The van der Waals surface area contributed by atoms with Crippen LogP contribution in [0.25, 0.3) is 11.3 Å². The third-order valence-electron chi connectivity index (χ3n) is 5.49. The van der Waals surface area contributed by atoms with E-state index in [0.717, 1.165) is 49.1 Å². The number of carbonyl (C=O) groups is 1. The molecule has 1 atom stereocenters. The van der Waals surface area contributed by atoms with Crippen molar-refractivity contribution in [3.63, 3.8) is 0 Å². The molecule has 0 spiro atoms. The topological polar surface area (TPSA) is 61.4 Å². The fourth-order valence-electron chi connectivity index (χ4n) is 4.11. The van der Waals surface area contributed by atoms with E-state index in [1.165, 1.54) is 12.1 Å². The van der Waals surface area contributed by atoms with Gasteiger partial charge in [0, 0.05) is 23.7 Å². The number of piperidine rings is 1. The molecule has 30 heavy (non-hydrogen) atoms. The van der Waals surface area contributed by atoms with Gasteiger partial charge < -0.3 is 4.90 Å². The Morgan fingerprint density at radius 3 is 2.90 bits per heavy atom. The zero-order chi connectivity index (χ0) is 20.7. The SMILES string of the molecule is O=C(Nc1ccc(F)cn1)N1c2nc(-c3cccc(Cl)c3)ccc2N2CCC[C@H]1C2. The lowest BCUT2D eigenvalue weighted by molar-refractivity contribution is 0.252. The molecule has 152 valence electrons. The molecule has 3 aromatic rings. The lowest BCUT2D eigenvalue weighted by Crippen LogP contribution is -2.56. The van der Waals surface area contributed by atoms with Crippen LogP contribution in [0, 0.1) is 5.82 Å². The van der Waals surface area contributed by atoms with Gasteiger partial charge in [-0.3, -0.25) is 10.2 Å². The van der Waals surface area contributed by atoms with E-state index in [1.807, 2.05) is 36.4 Å². The first kappa shape index (κ1) is 18.8. The molecule has 2 aromatic heterocycles. The second kappa shape index (κ2) is 7.57. The number of carbonyl (C=O) groups excluding carboxylic acids is 1. The van der Waals surface area contributed by atoms with Crippen molar-refractivity contribution in [2.24, 2.45) is 0 Å². The van der Waals surface area contributed by atoms with Crippen LogP contribution in [0.5, 0.6) is 0 Å². The third kappa shape index (κ3) is 3.45. The number of anilines is 3. The molecule has 0 unspecified atom stereocenters. The Bertz CT molecular complexity index is 1110. The normalized spacial score (nSPS) is 17.5. The molecule has 4 heterocycles. The molecule has 8 heteroatoms. The summed E-state index contributed by atoms with van der Waals surface area (Å²) >= 11 is 6.15. The summed E-state index contributed by atoms with van der Waals surface area (Å²) in [5, 5.41) is 3.41. The van der Waals surface area contributed by atoms with Gasteiger partial charge in [0.25, 0.3) is 0 Å². The number of fused-ring (bicyclic) bond motifs is 4. The number of pyridine rings is 2. The van der Waals surface area contributed by atoms with E-state index in [4.69, 9.17) is 16.6 Å². The molecule has 2 aliphatic rings. The number of rotatable bonds is 2. The van der Waals surface area contributed by atoms with Gasteiger partial charge in [-0.1, -0.05) is 23.7 Å². The Morgan fingerprint density at radius 2 is 2.10 bits per heavy atom. The summed E-state index contributed by atoms with van der Waals surface area (Å²) in [6.45, 7) is 1.70. The first-order valence-corrected chi connectivity index (χ1v) is 10.2. The summed E-state index contributed by atoms with van der Waals surface area (Å²) in [6, 6.07) is 13.9. The number of hydrogen-bond acceptors (Lipinski definition) is 4. The van der Waals surface area contributed by atoms with Crippen molar-refractivity contribution in [1.82, 2.24) is 9.97 Å². The summed E-state index contributed by atoms with van der Waals surface area (Å²) in [4.78, 5) is 26.0. The molecule has 0 radical (unpaired) electrons. The molecule has 1 saturated heterocycles. The number of amides is 2. The maximum Gasteiger partial charge on any atom is 0.329 e. The predicted molar refractivity (Wildman–Crippen MR) is 116 cm³/mol. The molecule has 1 aromatic carbocycles. The maximum atomic E-state index is 13.2.